The normalized spacial score (nSPS) is 29.1. The molecule has 4 heteroatoms. The highest BCUT2D eigenvalue weighted by atomic mass is 28.3. The zero-order valence-corrected chi connectivity index (χ0v) is 18.5. The maximum atomic E-state index is 7.14. The molecule has 2 aliphatic heterocycles. The van der Waals surface area contributed by atoms with Crippen molar-refractivity contribution in [3.05, 3.63) is 35.9 Å². The van der Waals surface area contributed by atoms with Gasteiger partial charge in [-0.15, -0.1) is 0 Å². The van der Waals surface area contributed by atoms with Crippen molar-refractivity contribution in [1.29, 1.82) is 0 Å². The number of benzene rings is 1. The van der Waals surface area contributed by atoms with Crippen LogP contribution in [0.5, 0.6) is 0 Å². The van der Waals surface area contributed by atoms with Gasteiger partial charge in [0.25, 0.3) is 6.92 Å². The lowest BCUT2D eigenvalue weighted by molar-refractivity contribution is 0.158. The van der Waals surface area contributed by atoms with Crippen LogP contribution >= 0.6 is 0 Å². The Balaban J connectivity index is 1.94. The average Bonchev–Trinajstić information content (AvgIpc) is 2.87. The topological polar surface area (TPSA) is 21.3 Å². The molecule has 2 bridgehead atoms. The zero-order chi connectivity index (χ0) is 18.7. The van der Waals surface area contributed by atoms with Crippen molar-refractivity contribution in [2.45, 2.75) is 88.5 Å². The molecule has 2 nitrogen and oxygen atoms in total. The average molecular weight is 371 g/mol. The lowest BCUT2D eigenvalue weighted by Crippen LogP contribution is -2.47. The van der Waals surface area contributed by atoms with Gasteiger partial charge in [-0.2, -0.15) is 0 Å². The first-order valence-electron chi connectivity index (χ1n) is 10.8. The van der Waals surface area contributed by atoms with E-state index in [0.29, 0.717) is 13.0 Å². The Bertz CT molecular complexity index is 551. The SMILES string of the molecule is CN[C@@H](C)[C@@H](OB1C2CCCC(CCC2)[C@@H]1[Si](C)(C)C)c1ccccc1. The number of likely N-dealkylation sites (N-methyl/N-ethyl adjacent to an activating group) is 1. The van der Waals surface area contributed by atoms with Gasteiger partial charge < -0.3 is 9.97 Å². The third-order valence-corrected chi connectivity index (χ3v) is 9.77. The van der Waals surface area contributed by atoms with Crippen LogP contribution in [-0.4, -0.2) is 28.1 Å². The summed E-state index contributed by atoms with van der Waals surface area (Å²) in [6, 6.07) is 11.2. The van der Waals surface area contributed by atoms with Gasteiger partial charge in [0.15, 0.2) is 0 Å². The van der Waals surface area contributed by atoms with E-state index in [1.54, 1.807) is 0 Å². The van der Waals surface area contributed by atoms with E-state index in [-0.39, 0.29) is 6.10 Å². The summed E-state index contributed by atoms with van der Waals surface area (Å²) in [5.41, 5.74) is 2.12. The van der Waals surface area contributed by atoms with Crippen molar-refractivity contribution in [2.24, 2.45) is 5.92 Å². The Kier molecular flexibility index (Phi) is 6.69. The molecule has 26 heavy (non-hydrogen) atoms. The van der Waals surface area contributed by atoms with Gasteiger partial charge in [-0.25, -0.2) is 0 Å². The Hall–Kier alpha value is -0.578. The van der Waals surface area contributed by atoms with E-state index in [4.69, 9.17) is 4.65 Å². The molecule has 0 radical (unpaired) electrons. The Morgan fingerprint density at radius 1 is 1.04 bits per heavy atom. The maximum absolute atomic E-state index is 7.14. The fraction of sp³-hybridized carbons (Fsp3) is 0.727. The lowest BCUT2D eigenvalue weighted by Gasteiger charge is -2.41. The summed E-state index contributed by atoms with van der Waals surface area (Å²) < 4.78 is 7.14. The summed E-state index contributed by atoms with van der Waals surface area (Å²) in [6.07, 6.45) is 8.58. The zero-order valence-electron chi connectivity index (χ0n) is 17.5. The van der Waals surface area contributed by atoms with E-state index < -0.39 is 8.07 Å². The summed E-state index contributed by atoms with van der Waals surface area (Å²) in [4.78, 5) is 0. The molecule has 1 N–H and O–H groups in total. The number of hydrogen-bond donors (Lipinski definition) is 1. The molecule has 0 aliphatic carbocycles. The highest BCUT2D eigenvalue weighted by Crippen LogP contribution is 2.51. The Labute approximate surface area is 162 Å². The molecule has 3 rings (SSSR count). The van der Waals surface area contributed by atoms with Crippen LogP contribution in [-0.2, 0) is 4.65 Å². The van der Waals surface area contributed by atoms with Crippen LogP contribution in [0.4, 0.5) is 0 Å². The standard InChI is InChI=1S/C22H38BNOSi/c1-17(24-2)21(18-11-7-6-8-12-18)25-23-20-15-9-13-19(14-10-16-20)22(23)26(3,4)5/h6-8,11-12,17,19-22,24H,9-10,13-16H2,1-5H3/t17-,19?,20?,21+,22-/m0/s1. The molecule has 2 saturated heterocycles. The van der Waals surface area contributed by atoms with Crippen molar-refractivity contribution in [2.75, 3.05) is 7.05 Å². The van der Waals surface area contributed by atoms with Gasteiger partial charge >= 0.3 is 0 Å². The highest BCUT2D eigenvalue weighted by molar-refractivity contribution is 6.88. The summed E-state index contributed by atoms with van der Waals surface area (Å²) in [7, 11) is 0.765. The molecule has 2 aliphatic rings. The molecule has 0 amide bonds. The van der Waals surface area contributed by atoms with Crippen LogP contribution in [0.1, 0.15) is 57.1 Å². The number of fused-ring (bicyclic) bond motifs is 3. The molecular weight excluding hydrogens is 333 g/mol. The summed E-state index contributed by atoms with van der Waals surface area (Å²) in [5, 5.41) is 3.47. The first-order valence-corrected chi connectivity index (χ1v) is 14.4. The second-order valence-corrected chi connectivity index (χ2v) is 15.2. The summed E-state index contributed by atoms with van der Waals surface area (Å²) in [6.45, 7) is 10.4. The maximum Gasteiger partial charge on any atom is 0.297 e. The number of rotatable bonds is 6. The van der Waals surface area contributed by atoms with Crippen molar-refractivity contribution in [3.63, 3.8) is 0 Å². The largest absolute Gasteiger partial charge is 0.427 e. The predicted octanol–water partition coefficient (Wildman–Crippen LogP) is 5.95. The van der Waals surface area contributed by atoms with Crippen LogP contribution in [0.3, 0.4) is 0 Å². The van der Waals surface area contributed by atoms with Crippen molar-refractivity contribution >= 4 is 15.0 Å². The van der Waals surface area contributed by atoms with E-state index in [0.717, 1.165) is 17.2 Å². The smallest absolute Gasteiger partial charge is 0.297 e. The van der Waals surface area contributed by atoms with Gasteiger partial charge in [0, 0.05) is 14.1 Å². The first kappa shape index (κ1) is 20.2. The molecule has 3 atom stereocenters. The molecular formula is C22H38BNOSi. The summed E-state index contributed by atoms with van der Waals surface area (Å²) in [5.74, 6) is 1.65. The summed E-state index contributed by atoms with van der Waals surface area (Å²) >= 11 is 0. The second-order valence-electron chi connectivity index (χ2n) is 9.78. The molecule has 0 unspecified atom stereocenters. The minimum Gasteiger partial charge on any atom is -0.427 e. The molecule has 2 heterocycles. The van der Waals surface area contributed by atoms with E-state index >= 15 is 0 Å². The van der Waals surface area contributed by atoms with Gasteiger partial charge in [-0.1, -0.05) is 88.5 Å². The molecule has 0 saturated carbocycles. The molecule has 1 aromatic rings. The van der Waals surface area contributed by atoms with Gasteiger partial charge in [-0.3, -0.25) is 0 Å². The van der Waals surface area contributed by atoms with Crippen LogP contribution < -0.4 is 5.32 Å². The van der Waals surface area contributed by atoms with Gasteiger partial charge in [0.05, 0.1) is 6.10 Å². The van der Waals surface area contributed by atoms with E-state index in [1.165, 1.54) is 44.1 Å². The van der Waals surface area contributed by atoms with Crippen molar-refractivity contribution < 1.29 is 4.65 Å². The first-order chi connectivity index (χ1) is 12.4. The third-order valence-electron chi connectivity index (χ3n) is 6.97. The monoisotopic (exact) mass is 371 g/mol. The second kappa shape index (κ2) is 8.62. The van der Waals surface area contributed by atoms with Crippen LogP contribution in [0, 0.1) is 5.92 Å². The lowest BCUT2D eigenvalue weighted by atomic mass is 9.50. The van der Waals surface area contributed by atoms with E-state index in [1.807, 2.05) is 0 Å². The molecule has 0 spiro atoms. The fourth-order valence-corrected chi connectivity index (χ4v) is 8.75. The van der Waals surface area contributed by atoms with Crippen molar-refractivity contribution in [1.82, 2.24) is 5.32 Å². The highest BCUT2D eigenvalue weighted by Gasteiger charge is 2.50. The Morgan fingerprint density at radius 2 is 1.65 bits per heavy atom. The quantitative estimate of drug-likeness (QED) is 0.624. The fourth-order valence-electron chi connectivity index (χ4n) is 5.67. The van der Waals surface area contributed by atoms with Gasteiger partial charge in [0.2, 0.25) is 0 Å². The van der Waals surface area contributed by atoms with Crippen LogP contribution in [0.25, 0.3) is 0 Å². The van der Waals surface area contributed by atoms with Gasteiger partial charge in [-0.05, 0) is 36.7 Å². The third kappa shape index (κ3) is 4.45. The predicted molar refractivity (Wildman–Crippen MR) is 117 cm³/mol. The van der Waals surface area contributed by atoms with Crippen LogP contribution in [0.2, 0.25) is 30.9 Å². The number of nitrogens with one attached hydrogen (secondary N) is 1. The Morgan fingerprint density at radius 3 is 2.19 bits per heavy atom. The molecule has 1 aromatic carbocycles. The molecule has 2 fully saturated rings. The number of hydrogen-bond acceptors (Lipinski definition) is 2. The van der Waals surface area contributed by atoms with Gasteiger partial charge in [0.1, 0.15) is 0 Å². The van der Waals surface area contributed by atoms with Crippen molar-refractivity contribution in [3.8, 4) is 0 Å². The molecule has 0 aromatic heterocycles. The van der Waals surface area contributed by atoms with Crippen LogP contribution in [0.15, 0.2) is 30.3 Å². The van der Waals surface area contributed by atoms with E-state index in [9.17, 15) is 0 Å². The minimum absolute atomic E-state index is 0.143. The molecule has 144 valence electrons. The van der Waals surface area contributed by atoms with E-state index in [2.05, 4.69) is 69.3 Å². The minimum atomic E-state index is -1.30.